The fourth-order valence-electron chi connectivity index (χ4n) is 3.42. The smallest absolute Gasteiger partial charge is 0.349 e. The Morgan fingerprint density at radius 1 is 1.27 bits per heavy atom. The van der Waals surface area contributed by atoms with Gasteiger partial charge in [0.2, 0.25) is 0 Å². The molecule has 0 saturated carbocycles. The van der Waals surface area contributed by atoms with Gasteiger partial charge in [-0.3, -0.25) is 4.79 Å². The molecule has 1 aliphatic rings. The number of aromatic nitrogens is 1. The molecule has 134 valence electrons. The van der Waals surface area contributed by atoms with Crippen LogP contribution in [0.15, 0.2) is 44.1 Å². The van der Waals surface area contributed by atoms with Crippen LogP contribution in [0.1, 0.15) is 47.1 Å². The summed E-state index contributed by atoms with van der Waals surface area (Å²) in [6.45, 7) is 2.37. The largest absolute Gasteiger partial charge is 0.422 e. The maximum absolute atomic E-state index is 13.1. The zero-order valence-electron chi connectivity index (χ0n) is 14.2. The van der Waals surface area contributed by atoms with Gasteiger partial charge in [-0.05, 0) is 50.5 Å². The highest BCUT2D eigenvalue weighted by molar-refractivity contribution is 6.31. The van der Waals surface area contributed by atoms with Crippen molar-refractivity contribution < 1.29 is 13.7 Å². The van der Waals surface area contributed by atoms with Crippen molar-refractivity contribution in [1.29, 1.82) is 0 Å². The standard InChI is InChI=1S/C19H17ClN2O4/c1-11-8-15(21-26-11)16-4-2-3-7-22(16)18(23)14-10-12-9-13(20)5-6-17(12)25-19(14)24/h5-6,8-10,16H,2-4,7H2,1H3. The van der Waals surface area contributed by atoms with E-state index in [1.165, 1.54) is 0 Å². The van der Waals surface area contributed by atoms with Gasteiger partial charge in [0.1, 0.15) is 22.6 Å². The summed E-state index contributed by atoms with van der Waals surface area (Å²) in [6, 6.07) is 8.11. The number of amides is 1. The molecule has 2 aromatic heterocycles. The van der Waals surface area contributed by atoms with Crippen molar-refractivity contribution in [2.24, 2.45) is 0 Å². The molecule has 1 atom stereocenters. The van der Waals surface area contributed by atoms with E-state index in [-0.39, 0.29) is 17.5 Å². The highest BCUT2D eigenvalue weighted by Gasteiger charge is 2.32. The SMILES string of the molecule is Cc1cc(C2CCCCN2C(=O)c2cc3cc(Cl)ccc3oc2=O)no1. The molecule has 7 heteroatoms. The lowest BCUT2D eigenvalue weighted by atomic mass is 9.98. The van der Waals surface area contributed by atoms with Crippen molar-refractivity contribution in [3.8, 4) is 0 Å². The highest BCUT2D eigenvalue weighted by Crippen LogP contribution is 2.32. The summed E-state index contributed by atoms with van der Waals surface area (Å²) in [6.07, 6.45) is 2.65. The van der Waals surface area contributed by atoms with Gasteiger partial charge in [-0.15, -0.1) is 0 Å². The summed E-state index contributed by atoms with van der Waals surface area (Å²) in [5.41, 5.74) is 0.472. The molecule has 1 fully saturated rings. The molecule has 1 unspecified atom stereocenters. The van der Waals surface area contributed by atoms with Crippen LogP contribution in [0, 0.1) is 6.92 Å². The molecule has 0 N–H and O–H groups in total. The van der Waals surface area contributed by atoms with Crippen LogP contribution in [0.4, 0.5) is 0 Å². The van der Waals surface area contributed by atoms with Crippen molar-refractivity contribution in [3.63, 3.8) is 0 Å². The molecule has 4 rings (SSSR count). The van der Waals surface area contributed by atoms with E-state index < -0.39 is 5.63 Å². The molecule has 1 aromatic carbocycles. The number of halogens is 1. The number of benzene rings is 1. The van der Waals surface area contributed by atoms with Gasteiger partial charge in [-0.25, -0.2) is 4.79 Å². The molecule has 6 nitrogen and oxygen atoms in total. The number of aryl methyl sites for hydroxylation is 1. The van der Waals surface area contributed by atoms with Crippen LogP contribution >= 0.6 is 11.6 Å². The minimum atomic E-state index is -0.648. The lowest BCUT2D eigenvalue weighted by Crippen LogP contribution is -2.40. The van der Waals surface area contributed by atoms with Crippen molar-refractivity contribution in [2.45, 2.75) is 32.2 Å². The summed E-state index contributed by atoms with van der Waals surface area (Å²) in [4.78, 5) is 27.2. The summed E-state index contributed by atoms with van der Waals surface area (Å²) < 4.78 is 10.5. The number of carbonyl (C=O) groups excluding carboxylic acids is 1. The quantitative estimate of drug-likeness (QED) is 0.632. The first-order chi connectivity index (χ1) is 12.5. The third kappa shape index (κ3) is 3.01. The van der Waals surface area contributed by atoms with Crippen molar-refractivity contribution in [2.75, 3.05) is 6.54 Å². The Labute approximate surface area is 154 Å². The van der Waals surface area contributed by atoms with E-state index in [9.17, 15) is 9.59 Å². The Kier molecular flexibility index (Phi) is 4.28. The number of rotatable bonds is 2. The molecule has 1 aliphatic heterocycles. The maximum atomic E-state index is 13.1. The fourth-order valence-corrected chi connectivity index (χ4v) is 3.60. The minimum Gasteiger partial charge on any atom is -0.422 e. The summed E-state index contributed by atoms with van der Waals surface area (Å²) >= 11 is 6.01. The summed E-state index contributed by atoms with van der Waals surface area (Å²) in [5, 5.41) is 5.19. The van der Waals surface area contributed by atoms with Gasteiger partial charge in [-0.1, -0.05) is 16.8 Å². The first-order valence-electron chi connectivity index (χ1n) is 8.50. The van der Waals surface area contributed by atoms with Crippen LogP contribution in [0.3, 0.4) is 0 Å². The normalized spacial score (nSPS) is 17.6. The van der Waals surface area contributed by atoms with Crippen LogP contribution in [0.5, 0.6) is 0 Å². The summed E-state index contributed by atoms with van der Waals surface area (Å²) in [5.74, 6) is 0.337. The number of hydrogen-bond acceptors (Lipinski definition) is 5. The molecular formula is C19H17ClN2O4. The van der Waals surface area contributed by atoms with Gasteiger partial charge in [0.25, 0.3) is 5.91 Å². The van der Waals surface area contributed by atoms with E-state index in [0.29, 0.717) is 34.0 Å². The fraction of sp³-hybridized carbons (Fsp3) is 0.316. The lowest BCUT2D eigenvalue weighted by molar-refractivity contribution is 0.0597. The van der Waals surface area contributed by atoms with Gasteiger partial charge >= 0.3 is 5.63 Å². The average Bonchev–Trinajstić information content (AvgIpc) is 3.07. The van der Waals surface area contributed by atoms with E-state index in [2.05, 4.69) is 5.16 Å². The van der Waals surface area contributed by atoms with E-state index >= 15 is 0 Å². The third-order valence-electron chi connectivity index (χ3n) is 4.68. The van der Waals surface area contributed by atoms with Crippen molar-refractivity contribution in [1.82, 2.24) is 10.1 Å². The van der Waals surface area contributed by atoms with Crippen LogP contribution in [-0.2, 0) is 0 Å². The molecule has 3 aromatic rings. The Balaban J connectivity index is 1.74. The zero-order chi connectivity index (χ0) is 18.3. The van der Waals surface area contributed by atoms with Crippen LogP contribution < -0.4 is 5.63 Å². The second-order valence-electron chi connectivity index (χ2n) is 6.50. The molecule has 0 bridgehead atoms. The van der Waals surface area contributed by atoms with Crippen LogP contribution in [0.25, 0.3) is 11.0 Å². The first-order valence-corrected chi connectivity index (χ1v) is 8.88. The molecule has 0 aliphatic carbocycles. The molecule has 0 spiro atoms. The minimum absolute atomic E-state index is 0.00637. The van der Waals surface area contributed by atoms with E-state index in [1.807, 2.05) is 13.0 Å². The predicted molar refractivity (Wildman–Crippen MR) is 96.4 cm³/mol. The second kappa shape index (κ2) is 6.61. The Hall–Kier alpha value is -2.60. The molecule has 3 heterocycles. The number of hydrogen-bond donors (Lipinski definition) is 0. The monoisotopic (exact) mass is 372 g/mol. The van der Waals surface area contributed by atoms with E-state index in [4.69, 9.17) is 20.5 Å². The zero-order valence-corrected chi connectivity index (χ0v) is 15.0. The third-order valence-corrected chi connectivity index (χ3v) is 4.91. The molecule has 26 heavy (non-hydrogen) atoms. The van der Waals surface area contributed by atoms with E-state index in [1.54, 1.807) is 29.2 Å². The number of fused-ring (bicyclic) bond motifs is 1. The average molecular weight is 373 g/mol. The lowest BCUT2D eigenvalue weighted by Gasteiger charge is -2.34. The maximum Gasteiger partial charge on any atom is 0.349 e. The number of likely N-dealkylation sites (tertiary alicyclic amines) is 1. The number of piperidine rings is 1. The topological polar surface area (TPSA) is 76.6 Å². The first kappa shape index (κ1) is 16.8. The van der Waals surface area contributed by atoms with Gasteiger partial charge in [0.05, 0.1) is 6.04 Å². The van der Waals surface area contributed by atoms with Crippen molar-refractivity contribution in [3.05, 3.63) is 62.8 Å². The number of nitrogens with zero attached hydrogens (tertiary/aromatic N) is 2. The Bertz CT molecular complexity index is 1040. The number of carbonyl (C=O) groups is 1. The van der Waals surface area contributed by atoms with Gasteiger partial charge in [-0.2, -0.15) is 0 Å². The van der Waals surface area contributed by atoms with E-state index in [0.717, 1.165) is 19.3 Å². The molecule has 1 saturated heterocycles. The Morgan fingerprint density at radius 3 is 2.88 bits per heavy atom. The second-order valence-corrected chi connectivity index (χ2v) is 6.94. The van der Waals surface area contributed by atoms with Crippen LogP contribution in [0.2, 0.25) is 5.02 Å². The van der Waals surface area contributed by atoms with Gasteiger partial charge < -0.3 is 13.8 Å². The highest BCUT2D eigenvalue weighted by atomic mass is 35.5. The Morgan fingerprint density at radius 2 is 2.12 bits per heavy atom. The van der Waals surface area contributed by atoms with Gasteiger partial charge in [0.15, 0.2) is 0 Å². The predicted octanol–water partition coefficient (Wildman–Crippen LogP) is 4.11. The van der Waals surface area contributed by atoms with Crippen molar-refractivity contribution >= 4 is 28.5 Å². The summed E-state index contributed by atoms with van der Waals surface area (Å²) in [7, 11) is 0. The van der Waals surface area contributed by atoms with Gasteiger partial charge in [0, 0.05) is 23.0 Å². The van der Waals surface area contributed by atoms with Crippen LogP contribution in [-0.4, -0.2) is 22.5 Å². The molecular weight excluding hydrogens is 356 g/mol. The molecule has 0 radical (unpaired) electrons. The molecule has 1 amide bonds.